The summed E-state index contributed by atoms with van der Waals surface area (Å²) >= 11 is 0. The number of aliphatic hydroxyl groups is 1. The van der Waals surface area contributed by atoms with Crippen LogP contribution in [0.15, 0.2) is 6.07 Å². The lowest BCUT2D eigenvalue weighted by atomic mass is 9.75. The summed E-state index contributed by atoms with van der Waals surface area (Å²) in [6, 6.07) is 2.04. The number of nitrogens with two attached hydrogens (primary N) is 1. The molecule has 1 atom stereocenters. The van der Waals surface area contributed by atoms with Crippen LogP contribution >= 0.6 is 0 Å². The van der Waals surface area contributed by atoms with Gasteiger partial charge in [0.05, 0.1) is 6.10 Å². The zero-order valence-electron chi connectivity index (χ0n) is 11.4. The van der Waals surface area contributed by atoms with E-state index in [0.29, 0.717) is 13.0 Å². The number of nitrogens with zero attached hydrogens (tertiary/aromatic N) is 1. The molecule has 1 aliphatic rings. The van der Waals surface area contributed by atoms with Gasteiger partial charge < -0.3 is 15.4 Å². The summed E-state index contributed by atoms with van der Waals surface area (Å²) in [5.41, 5.74) is 8.60. The maximum absolute atomic E-state index is 10.9. The summed E-state index contributed by atoms with van der Waals surface area (Å²) in [5, 5.41) is 10.2. The Balaban J connectivity index is 2.35. The Morgan fingerprint density at radius 3 is 2.89 bits per heavy atom. The van der Waals surface area contributed by atoms with E-state index in [9.17, 15) is 9.90 Å². The second kappa shape index (κ2) is 4.43. The molecule has 1 unspecified atom stereocenters. The molecule has 2 rings (SSSR count). The molecular weight excluding hydrogens is 228 g/mol. The molecule has 3 N–H and O–H groups in total. The lowest BCUT2D eigenvalue weighted by Crippen LogP contribution is -2.27. The number of aryl methyl sites for hydroxylation is 1. The summed E-state index contributed by atoms with van der Waals surface area (Å²) in [5.74, 6) is -0.285. The zero-order chi connectivity index (χ0) is 13.5. The normalized spacial score (nSPS) is 21.7. The first-order chi connectivity index (χ1) is 8.30. The molecule has 1 aromatic rings. The number of aromatic nitrogens is 1. The highest BCUT2D eigenvalue weighted by atomic mass is 16.3. The Bertz CT molecular complexity index is 474. The molecule has 0 saturated carbocycles. The van der Waals surface area contributed by atoms with Crippen LogP contribution in [0.25, 0.3) is 0 Å². The van der Waals surface area contributed by atoms with Crippen molar-refractivity contribution in [2.75, 3.05) is 0 Å². The number of carbonyl (C=O) groups excluding carboxylic acids is 1. The van der Waals surface area contributed by atoms with E-state index in [0.717, 1.165) is 29.8 Å². The molecule has 0 saturated heterocycles. The predicted octanol–water partition coefficient (Wildman–Crippen LogP) is 1.68. The van der Waals surface area contributed by atoms with Gasteiger partial charge >= 0.3 is 0 Å². The molecule has 1 amide bonds. The minimum absolute atomic E-state index is 0.0989. The minimum Gasteiger partial charge on any atom is -0.388 e. The third-order valence-electron chi connectivity index (χ3n) is 3.78. The van der Waals surface area contributed by atoms with Crippen molar-refractivity contribution in [2.24, 2.45) is 11.1 Å². The largest absolute Gasteiger partial charge is 0.388 e. The molecule has 100 valence electrons. The summed E-state index contributed by atoms with van der Waals surface area (Å²) < 4.78 is 2.13. The first-order valence-corrected chi connectivity index (χ1v) is 6.45. The molecule has 4 nitrogen and oxygen atoms in total. The third kappa shape index (κ3) is 2.43. The molecule has 4 heteroatoms. The lowest BCUT2D eigenvalue weighted by Gasteiger charge is -2.34. The number of fused-ring (bicyclic) bond motifs is 1. The van der Waals surface area contributed by atoms with Crippen molar-refractivity contribution in [3.05, 3.63) is 23.0 Å². The number of aliphatic hydroxyl groups excluding tert-OH is 1. The maximum Gasteiger partial charge on any atom is 0.219 e. The smallest absolute Gasteiger partial charge is 0.219 e. The van der Waals surface area contributed by atoms with Gasteiger partial charge in [0.1, 0.15) is 0 Å². The molecule has 0 radical (unpaired) electrons. The van der Waals surface area contributed by atoms with Crippen LogP contribution in [0.1, 0.15) is 49.7 Å². The topological polar surface area (TPSA) is 68.2 Å². The van der Waals surface area contributed by atoms with Gasteiger partial charge in [-0.1, -0.05) is 13.8 Å². The van der Waals surface area contributed by atoms with Crippen LogP contribution in [0.5, 0.6) is 0 Å². The van der Waals surface area contributed by atoms with Crippen LogP contribution in [0.2, 0.25) is 0 Å². The standard InChI is InChI=1S/C14H22N2O2/c1-9-6-10-11(16(9)5-4-13(15)18)7-14(2,3)8-12(10)17/h6,12,17H,4-5,7-8H2,1-3H3,(H2,15,18). The van der Waals surface area contributed by atoms with E-state index in [2.05, 4.69) is 18.4 Å². The highest BCUT2D eigenvalue weighted by molar-refractivity contribution is 5.73. The van der Waals surface area contributed by atoms with E-state index < -0.39 is 6.10 Å². The number of primary amides is 1. The predicted molar refractivity (Wildman–Crippen MR) is 70.0 cm³/mol. The number of amides is 1. The van der Waals surface area contributed by atoms with E-state index in [1.807, 2.05) is 13.0 Å². The fourth-order valence-electron chi connectivity index (χ4n) is 2.93. The highest BCUT2D eigenvalue weighted by Crippen LogP contribution is 2.41. The average Bonchev–Trinajstić information content (AvgIpc) is 2.50. The minimum atomic E-state index is -0.391. The number of hydrogen-bond acceptors (Lipinski definition) is 2. The second-order valence-electron chi connectivity index (χ2n) is 6.12. The molecule has 0 aliphatic heterocycles. The zero-order valence-corrected chi connectivity index (χ0v) is 11.4. The Hall–Kier alpha value is -1.29. The fourth-order valence-corrected chi connectivity index (χ4v) is 2.93. The van der Waals surface area contributed by atoms with E-state index in [1.54, 1.807) is 0 Å². The second-order valence-corrected chi connectivity index (χ2v) is 6.12. The Kier molecular flexibility index (Phi) is 3.23. The van der Waals surface area contributed by atoms with Crippen molar-refractivity contribution in [1.29, 1.82) is 0 Å². The summed E-state index contributed by atoms with van der Waals surface area (Å²) in [6.45, 7) is 6.96. The van der Waals surface area contributed by atoms with Gasteiger partial charge in [0, 0.05) is 29.9 Å². The Labute approximate surface area is 108 Å². The lowest BCUT2D eigenvalue weighted by molar-refractivity contribution is -0.118. The van der Waals surface area contributed by atoms with Crippen molar-refractivity contribution in [3.8, 4) is 0 Å². The maximum atomic E-state index is 10.9. The van der Waals surface area contributed by atoms with Crippen LogP contribution in [0.4, 0.5) is 0 Å². The molecule has 0 aromatic carbocycles. The number of carbonyl (C=O) groups is 1. The quantitative estimate of drug-likeness (QED) is 0.857. The molecule has 0 spiro atoms. The van der Waals surface area contributed by atoms with Gasteiger partial charge in [-0.25, -0.2) is 0 Å². The van der Waals surface area contributed by atoms with Crippen LogP contribution in [0.3, 0.4) is 0 Å². The Morgan fingerprint density at radius 1 is 1.61 bits per heavy atom. The van der Waals surface area contributed by atoms with E-state index >= 15 is 0 Å². The first kappa shape index (κ1) is 13.1. The van der Waals surface area contributed by atoms with Gasteiger partial charge in [-0.15, -0.1) is 0 Å². The molecule has 1 heterocycles. The van der Waals surface area contributed by atoms with Crippen molar-refractivity contribution in [2.45, 2.75) is 52.7 Å². The van der Waals surface area contributed by atoms with Gasteiger partial charge in [-0.2, -0.15) is 0 Å². The van der Waals surface area contributed by atoms with Gasteiger partial charge in [0.2, 0.25) is 5.91 Å². The first-order valence-electron chi connectivity index (χ1n) is 6.45. The van der Waals surface area contributed by atoms with Crippen LogP contribution in [-0.2, 0) is 17.8 Å². The highest BCUT2D eigenvalue weighted by Gasteiger charge is 2.33. The fraction of sp³-hybridized carbons (Fsp3) is 0.643. The Morgan fingerprint density at radius 2 is 2.28 bits per heavy atom. The molecule has 1 aromatic heterocycles. The average molecular weight is 250 g/mol. The summed E-state index contributed by atoms with van der Waals surface area (Å²) in [6.07, 6.45) is 1.68. The van der Waals surface area contributed by atoms with Crippen molar-refractivity contribution in [1.82, 2.24) is 4.57 Å². The SMILES string of the molecule is Cc1cc2c(n1CCC(N)=O)CC(C)(C)CC2O. The number of hydrogen-bond donors (Lipinski definition) is 2. The van der Waals surface area contributed by atoms with Crippen LogP contribution < -0.4 is 5.73 Å². The van der Waals surface area contributed by atoms with Crippen molar-refractivity contribution >= 4 is 5.91 Å². The van der Waals surface area contributed by atoms with Gasteiger partial charge in [0.15, 0.2) is 0 Å². The van der Waals surface area contributed by atoms with Crippen LogP contribution in [-0.4, -0.2) is 15.6 Å². The van der Waals surface area contributed by atoms with Crippen molar-refractivity contribution in [3.63, 3.8) is 0 Å². The van der Waals surface area contributed by atoms with Crippen molar-refractivity contribution < 1.29 is 9.90 Å². The summed E-state index contributed by atoms with van der Waals surface area (Å²) in [7, 11) is 0. The van der Waals surface area contributed by atoms with E-state index in [-0.39, 0.29) is 11.3 Å². The van der Waals surface area contributed by atoms with E-state index in [1.165, 1.54) is 0 Å². The van der Waals surface area contributed by atoms with Gasteiger partial charge in [-0.3, -0.25) is 4.79 Å². The van der Waals surface area contributed by atoms with E-state index in [4.69, 9.17) is 5.73 Å². The molecule has 18 heavy (non-hydrogen) atoms. The van der Waals surface area contributed by atoms with Gasteiger partial charge in [-0.05, 0) is 31.2 Å². The monoisotopic (exact) mass is 250 g/mol. The van der Waals surface area contributed by atoms with Gasteiger partial charge in [0.25, 0.3) is 0 Å². The number of rotatable bonds is 3. The van der Waals surface area contributed by atoms with Crippen LogP contribution in [0, 0.1) is 12.3 Å². The molecular formula is C14H22N2O2. The molecule has 0 fully saturated rings. The molecule has 1 aliphatic carbocycles. The summed E-state index contributed by atoms with van der Waals surface area (Å²) in [4.78, 5) is 10.9. The molecule has 0 bridgehead atoms. The third-order valence-corrected chi connectivity index (χ3v) is 3.78.